The molecule has 1 aromatic heterocycles. The Balaban J connectivity index is 2.11. The van der Waals surface area contributed by atoms with Crippen molar-refractivity contribution in [1.29, 1.82) is 0 Å². The lowest BCUT2D eigenvalue weighted by molar-refractivity contribution is 0.340. The van der Waals surface area contributed by atoms with Crippen LogP contribution in [0, 0.1) is 0 Å². The van der Waals surface area contributed by atoms with Gasteiger partial charge in [0.25, 0.3) is 0 Å². The Kier molecular flexibility index (Phi) is 4.90. The summed E-state index contributed by atoms with van der Waals surface area (Å²) in [7, 11) is 0. The lowest BCUT2D eigenvalue weighted by Crippen LogP contribution is -2.19. The summed E-state index contributed by atoms with van der Waals surface area (Å²) in [5.41, 5.74) is 2.31. The van der Waals surface area contributed by atoms with Gasteiger partial charge in [0.15, 0.2) is 0 Å². The zero-order valence-electron chi connectivity index (χ0n) is 12.7. The van der Waals surface area contributed by atoms with E-state index in [2.05, 4.69) is 48.4 Å². The van der Waals surface area contributed by atoms with Crippen molar-refractivity contribution < 1.29 is 4.52 Å². The van der Waals surface area contributed by atoms with E-state index in [1.165, 1.54) is 5.56 Å². The Hall–Kier alpha value is -1.68. The molecule has 1 unspecified atom stereocenters. The third-order valence-corrected chi connectivity index (χ3v) is 3.35. The van der Waals surface area contributed by atoms with E-state index in [1.54, 1.807) is 0 Å². The number of nitrogens with one attached hydrogen (secondary N) is 1. The second-order valence-corrected chi connectivity index (χ2v) is 5.41. The fraction of sp³-hybridized carbons (Fsp3) is 0.500. The first-order valence-electron chi connectivity index (χ1n) is 7.29. The molecule has 0 aliphatic carbocycles. The molecule has 0 aliphatic heterocycles. The second-order valence-electron chi connectivity index (χ2n) is 5.41. The maximum atomic E-state index is 5.33. The standard InChI is InChI=1S/C16H23N3O/c1-5-10-17-12(4)16-18-15(19-20-16)14-8-6-13(7-9-14)11(2)3/h6-9,11-12,17H,5,10H2,1-4H3. The molecule has 0 fully saturated rings. The number of hydrogen-bond donors (Lipinski definition) is 1. The molecule has 4 nitrogen and oxygen atoms in total. The summed E-state index contributed by atoms with van der Waals surface area (Å²) < 4.78 is 5.33. The number of aromatic nitrogens is 2. The van der Waals surface area contributed by atoms with Crippen LogP contribution in [0.1, 0.15) is 57.5 Å². The quantitative estimate of drug-likeness (QED) is 0.866. The third-order valence-electron chi connectivity index (χ3n) is 3.35. The van der Waals surface area contributed by atoms with Crippen molar-refractivity contribution in [3.05, 3.63) is 35.7 Å². The minimum Gasteiger partial charge on any atom is -0.337 e. The van der Waals surface area contributed by atoms with Gasteiger partial charge in [-0.05, 0) is 31.4 Å². The lowest BCUT2D eigenvalue weighted by atomic mass is 10.0. The molecule has 1 aromatic carbocycles. The molecule has 0 aliphatic rings. The van der Waals surface area contributed by atoms with E-state index in [0.29, 0.717) is 17.6 Å². The SMILES string of the molecule is CCCNC(C)c1nc(-c2ccc(C(C)C)cc2)no1. The van der Waals surface area contributed by atoms with Gasteiger partial charge in [-0.25, -0.2) is 0 Å². The van der Waals surface area contributed by atoms with Crippen molar-refractivity contribution >= 4 is 0 Å². The summed E-state index contributed by atoms with van der Waals surface area (Å²) in [6.45, 7) is 9.48. The molecule has 0 spiro atoms. The molecule has 0 radical (unpaired) electrons. The van der Waals surface area contributed by atoms with Gasteiger partial charge in [0.1, 0.15) is 0 Å². The van der Waals surface area contributed by atoms with Crippen LogP contribution in [0.4, 0.5) is 0 Å². The van der Waals surface area contributed by atoms with Crippen molar-refractivity contribution in [2.45, 2.75) is 46.1 Å². The lowest BCUT2D eigenvalue weighted by Gasteiger charge is -2.07. The summed E-state index contributed by atoms with van der Waals surface area (Å²) in [5.74, 6) is 1.82. The summed E-state index contributed by atoms with van der Waals surface area (Å²) in [5, 5.41) is 7.41. The van der Waals surface area contributed by atoms with E-state index in [1.807, 2.05) is 19.1 Å². The van der Waals surface area contributed by atoms with Crippen molar-refractivity contribution in [3.8, 4) is 11.4 Å². The van der Waals surface area contributed by atoms with Gasteiger partial charge in [0.05, 0.1) is 6.04 Å². The molecule has 4 heteroatoms. The van der Waals surface area contributed by atoms with Gasteiger partial charge in [-0.3, -0.25) is 0 Å². The van der Waals surface area contributed by atoms with Crippen molar-refractivity contribution in [2.24, 2.45) is 0 Å². The zero-order chi connectivity index (χ0) is 14.5. The van der Waals surface area contributed by atoms with Crippen LogP contribution in [0.25, 0.3) is 11.4 Å². The third kappa shape index (κ3) is 3.45. The first-order valence-corrected chi connectivity index (χ1v) is 7.29. The molecule has 2 rings (SSSR count). The van der Waals surface area contributed by atoms with E-state index in [-0.39, 0.29) is 6.04 Å². The Bertz CT molecular complexity index is 531. The van der Waals surface area contributed by atoms with Crippen molar-refractivity contribution in [3.63, 3.8) is 0 Å². The van der Waals surface area contributed by atoms with Gasteiger partial charge >= 0.3 is 0 Å². The highest BCUT2D eigenvalue weighted by Crippen LogP contribution is 2.21. The summed E-state index contributed by atoms with van der Waals surface area (Å²) in [6, 6.07) is 8.43. The van der Waals surface area contributed by atoms with Crippen LogP contribution < -0.4 is 5.32 Å². The van der Waals surface area contributed by atoms with E-state index in [4.69, 9.17) is 4.52 Å². The van der Waals surface area contributed by atoms with Crippen LogP contribution in [0.3, 0.4) is 0 Å². The van der Waals surface area contributed by atoms with E-state index in [0.717, 1.165) is 18.5 Å². The van der Waals surface area contributed by atoms with Crippen LogP contribution in [-0.4, -0.2) is 16.7 Å². The van der Waals surface area contributed by atoms with Gasteiger partial charge in [0, 0.05) is 5.56 Å². The van der Waals surface area contributed by atoms with Crippen LogP contribution >= 0.6 is 0 Å². The highest BCUT2D eigenvalue weighted by atomic mass is 16.5. The van der Waals surface area contributed by atoms with Crippen LogP contribution in [0.2, 0.25) is 0 Å². The fourth-order valence-electron chi connectivity index (χ4n) is 1.99. The monoisotopic (exact) mass is 273 g/mol. The van der Waals surface area contributed by atoms with Crippen LogP contribution in [0.5, 0.6) is 0 Å². The average Bonchev–Trinajstić information content (AvgIpc) is 2.94. The minimum atomic E-state index is 0.0890. The second kappa shape index (κ2) is 6.66. The molecule has 0 saturated heterocycles. The number of benzene rings is 1. The molecular formula is C16H23N3O. The number of rotatable bonds is 6. The maximum absolute atomic E-state index is 5.33. The first kappa shape index (κ1) is 14.7. The normalized spacial score (nSPS) is 12.8. The average molecular weight is 273 g/mol. The molecule has 2 aromatic rings. The summed E-state index contributed by atoms with van der Waals surface area (Å²) in [4.78, 5) is 4.47. The topological polar surface area (TPSA) is 51.0 Å². The van der Waals surface area contributed by atoms with Crippen molar-refractivity contribution in [1.82, 2.24) is 15.5 Å². The van der Waals surface area contributed by atoms with Crippen molar-refractivity contribution in [2.75, 3.05) is 6.54 Å². The van der Waals surface area contributed by atoms with Gasteiger partial charge in [-0.1, -0.05) is 50.2 Å². The highest BCUT2D eigenvalue weighted by molar-refractivity contribution is 5.54. The minimum absolute atomic E-state index is 0.0890. The van der Waals surface area contributed by atoms with Crippen LogP contribution in [-0.2, 0) is 0 Å². The summed E-state index contributed by atoms with van der Waals surface area (Å²) >= 11 is 0. The molecule has 1 N–H and O–H groups in total. The number of hydrogen-bond acceptors (Lipinski definition) is 4. The van der Waals surface area contributed by atoms with Gasteiger partial charge < -0.3 is 9.84 Å². The predicted molar refractivity (Wildman–Crippen MR) is 80.5 cm³/mol. The molecule has 20 heavy (non-hydrogen) atoms. The molecule has 0 amide bonds. The molecular weight excluding hydrogens is 250 g/mol. The van der Waals surface area contributed by atoms with Crippen LogP contribution in [0.15, 0.2) is 28.8 Å². The molecule has 0 saturated carbocycles. The molecule has 1 atom stereocenters. The highest BCUT2D eigenvalue weighted by Gasteiger charge is 2.14. The van der Waals surface area contributed by atoms with E-state index in [9.17, 15) is 0 Å². The Labute approximate surface area is 120 Å². The Morgan fingerprint density at radius 3 is 2.45 bits per heavy atom. The first-order chi connectivity index (χ1) is 9.61. The predicted octanol–water partition coefficient (Wildman–Crippen LogP) is 3.92. The van der Waals surface area contributed by atoms with Gasteiger partial charge in [-0.15, -0.1) is 0 Å². The zero-order valence-corrected chi connectivity index (χ0v) is 12.7. The fourth-order valence-corrected chi connectivity index (χ4v) is 1.99. The smallest absolute Gasteiger partial charge is 0.243 e. The molecule has 108 valence electrons. The molecule has 0 bridgehead atoms. The van der Waals surface area contributed by atoms with E-state index >= 15 is 0 Å². The van der Waals surface area contributed by atoms with Gasteiger partial charge in [0.2, 0.25) is 11.7 Å². The number of nitrogens with zero attached hydrogens (tertiary/aromatic N) is 2. The largest absolute Gasteiger partial charge is 0.337 e. The summed E-state index contributed by atoms with van der Waals surface area (Å²) in [6.07, 6.45) is 1.09. The Morgan fingerprint density at radius 1 is 1.15 bits per heavy atom. The molecule has 1 heterocycles. The Morgan fingerprint density at radius 2 is 1.85 bits per heavy atom. The van der Waals surface area contributed by atoms with E-state index < -0.39 is 0 Å². The maximum Gasteiger partial charge on any atom is 0.243 e. The van der Waals surface area contributed by atoms with Gasteiger partial charge in [-0.2, -0.15) is 4.98 Å².